The fraction of sp³-hybridized carbons (Fsp3) is 0.500. The number of hydrogen-bond donors (Lipinski definition) is 1. The fourth-order valence-electron chi connectivity index (χ4n) is 1.81. The van der Waals surface area contributed by atoms with Crippen LogP contribution in [0.25, 0.3) is 0 Å². The van der Waals surface area contributed by atoms with Crippen LogP contribution in [0.3, 0.4) is 0 Å². The Morgan fingerprint density at radius 1 is 1.53 bits per heavy atom. The van der Waals surface area contributed by atoms with Crippen LogP contribution in [0.15, 0.2) is 18.2 Å². The molecule has 1 aromatic rings. The zero-order valence-corrected chi connectivity index (χ0v) is 9.25. The Balaban J connectivity index is 2.16. The molecule has 0 spiro atoms. The number of ether oxygens (including phenoxy) is 2. The molecule has 2 rings (SSSR count). The van der Waals surface area contributed by atoms with Gasteiger partial charge in [-0.2, -0.15) is 0 Å². The van der Waals surface area contributed by atoms with Gasteiger partial charge in [-0.15, -0.1) is 0 Å². The molecule has 3 heteroatoms. The van der Waals surface area contributed by atoms with Gasteiger partial charge in [0.05, 0.1) is 19.4 Å². The molecule has 1 atom stereocenters. The van der Waals surface area contributed by atoms with Gasteiger partial charge in [0.15, 0.2) is 0 Å². The smallest absolute Gasteiger partial charge is 0.122 e. The Hall–Kier alpha value is -1.06. The predicted molar refractivity (Wildman–Crippen MR) is 59.0 cm³/mol. The van der Waals surface area contributed by atoms with Crippen molar-refractivity contribution >= 4 is 0 Å². The number of nitrogens with one attached hydrogen (secondary N) is 1. The lowest BCUT2D eigenvalue weighted by Gasteiger charge is -2.12. The molecular formula is C12H17NO2. The van der Waals surface area contributed by atoms with Crippen molar-refractivity contribution in [3.63, 3.8) is 0 Å². The number of rotatable bonds is 3. The normalized spacial score (nSPS) is 20.5. The van der Waals surface area contributed by atoms with Crippen LogP contribution >= 0.6 is 0 Å². The van der Waals surface area contributed by atoms with Crippen LogP contribution in [0.4, 0.5) is 0 Å². The minimum atomic E-state index is 0.194. The fourth-order valence-corrected chi connectivity index (χ4v) is 1.81. The second kappa shape index (κ2) is 4.64. The van der Waals surface area contributed by atoms with E-state index in [1.165, 1.54) is 11.1 Å². The van der Waals surface area contributed by atoms with Crippen LogP contribution in [0, 0.1) is 6.92 Å². The van der Waals surface area contributed by atoms with Crippen molar-refractivity contribution in [3.05, 3.63) is 29.3 Å². The average Bonchev–Trinajstić information content (AvgIpc) is 2.74. The van der Waals surface area contributed by atoms with E-state index in [4.69, 9.17) is 9.47 Å². The van der Waals surface area contributed by atoms with E-state index in [1.807, 2.05) is 13.0 Å². The molecule has 1 unspecified atom stereocenters. The van der Waals surface area contributed by atoms with Crippen molar-refractivity contribution in [1.82, 2.24) is 5.32 Å². The molecule has 0 saturated carbocycles. The summed E-state index contributed by atoms with van der Waals surface area (Å²) in [6.07, 6.45) is 0.194. The number of aryl methyl sites for hydroxylation is 1. The van der Waals surface area contributed by atoms with Crippen LogP contribution in [-0.4, -0.2) is 19.9 Å². The largest absolute Gasteiger partial charge is 0.494 e. The van der Waals surface area contributed by atoms with Crippen molar-refractivity contribution in [3.8, 4) is 5.75 Å². The summed E-state index contributed by atoms with van der Waals surface area (Å²) >= 11 is 0. The van der Waals surface area contributed by atoms with Gasteiger partial charge in [0.2, 0.25) is 0 Å². The maximum absolute atomic E-state index is 5.54. The molecule has 0 amide bonds. The van der Waals surface area contributed by atoms with E-state index in [9.17, 15) is 0 Å². The molecule has 1 N–H and O–H groups in total. The molecule has 1 aliphatic rings. The summed E-state index contributed by atoms with van der Waals surface area (Å²) in [6, 6.07) is 6.24. The topological polar surface area (TPSA) is 30.5 Å². The van der Waals surface area contributed by atoms with Crippen molar-refractivity contribution in [1.29, 1.82) is 0 Å². The zero-order valence-electron chi connectivity index (χ0n) is 9.25. The molecular weight excluding hydrogens is 190 g/mol. The van der Waals surface area contributed by atoms with Crippen molar-refractivity contribution in [2.24, 2.45) is 0 Å². The maximum Gasteiger partial charge on any atom is 0.122 e. The minimum absolute atomic E-state index is 0.194. The Labute approximate surface area is 90.4 Å². The Morgan fingerprint density at radius 2 is 2.40 bits per heavy atom. The van der Waals surface area contributed by atoms with Gasteiger partial charge in [-0.05, 0) is 37.1 Å². The molecule has 15 heavy (non-hydrogen) atoms. The molecule has 1 aromatic carbocycles. The molecule has 0 aromatic heterocycles. The molecule has 1 fully saturated rings. The third-order valence-electron chi connectivity index (χ3n) is 2.59. The summed E-state index contributed by atoms with van der Waals surface area (Å²) in [5.74, 6) is 0.965. The van der Waals surface area contributed by atoms with Crippen molar-refractivity contribution < 1.29 is 9.47 Å². The summed E-state index contributed by atoms with van der Waals surface area (Å²) in [6.45, 7) is 6.32. The third-order valence-corrected chi connectivity index (χ3v) is 2.59. The molecule has 1 saturated heterocycles. The monoisotopic (exact) mass is 207 g/mol. The average molecular weight is 207 g/mol. The van der Waals surface area contributed by atoms with E-state index in [2.05, 4.69) is 24.4 Å². The Morgan fingerprint density at radius 3 is 3.00 bits per heavy atom. The second-order valence-electron chi connectivity index (χ2n) is 3.71. The van der Waals surface area contributed by atoms with E-state index in [0.29, 0.717) is 13.3 Å². The highest BCUT2D eigenvalue weighted by Gasteiger charge is 2.17. The van der Waals surface area contributed by atoms with Gasteiger partial charge in [-0.1, -0.05) is 6.07 Å². The zero-order chi connectivity index (χ0) is 10.7. The molecule has 0 aliphatic carbocycles. The van der Waals surface area contributed by atoms with Gasteiger partial charge >= 0.3 is 0 Å². The SMILES string of the molecule is CCOc1ccc(C2CNCO2)cc1C. The first-order valence-electron chi connectivity index (χ1n) is 5.37. The first-order valence-corrected chi connectivity index (χ1v) is 5.37. The summed E-state index contributed by atoms with van der Waals surface area (Å²) < 4.78 is 11.0. The summed E-state index contributed by atoms with van der Waals surface area (Å²) in [5, 5.41) is 3.18. The summed E-state index contributed by atoms with van der Waals surface area (Å²) in [5.41, 5.74) is 2.39. The van der Waals surface area contributed by atoms with E-state index in [-0.39, 0.29) is 6.10 Å². The first-order chi connectivity index (χ1) is 7.31. The highest BCUT2D eigenvalue weighted by atomic mass is 16.5. The van der Waals surface area contributed by atoms with Crippen molar-refractivity contribution in [2.75, 3.05) is 19.9 Å². The van der Waals surface area contributed by atoms with Crippen LogP contribution in [0.5, 0.6) is 5.75 Å². The van der Waals surface area contributed by atoms with E-state index in [1.54, 1.807) is 0 Å². The lowest BCUT2D eigenvalue weighted by Crippen LogP contribution is -2.08. The van der Waals surface area contributed by atoms with Crippen LogP contribution in [0.2, 0.25) is 0 Å². The number of benzene rings is 1. The highest BCUT2D eigenvalue weighted by molar-refractivity contribution is 5.37. The molecule has 0 radical (unpaired) electrons. The van der Waals surface area contributed by atoms with Gasteiger partial charge < -0.3 is 9.47 Å². The lowest BCUT2D eigenvalue weighted by molar-refractivity contribution is 0.114. The lowest BCUT2D eigenvalue weighted by atomic mass is 10.1. The summed E-state index contributed by atoms with van der Waals surface area (Å²) in [7, 11) is 0. The maximum atomic E-state index is 5.54. The predicted octanol–water partition coefficient (Wildman–Crippen LogP) is 2.01. The van der Waals surface area contributed by atoms with Crippen LogP contribution in [-0.2, 0) is 4.74 Å². The standard InChI is InChI=1S/C12H17NO2/c1-3-14-11-5-4-10(6-9(11)2)12-7-13-8-15-12/h4-6,12-13H,3,7-8H2,1-2H3. The number of hydrogen-bond acceptors (Lipinski definition) is 3. The highest BCUT2D eigenvalue weighted by Crippen LogP contribution is 2.25. The van der Waals surface area contributed by atoms with E-state index < -0.39 is 0 Å². The van der Waals surface area contributed by atoms with E-state index >= 15 is 0 Å². The Bertz CT molecular complexity index is 332. The molecule has 82 valence electrons. The van der Waals surface area contributed by atoms with Gasteiger partial charge in [0.1, 0.15) is 5.75 Å². The molecule has 1 aliphatic heterocycles. The quantitative estimate of drug-likeness (QED) is 0.822. The van der Waals surface area contributed by atoms with E-state index in [0.717, 1.165) is 12.3 Å². The van der Waals surface area contributed by atoms with Gasteiger partial charge in [-0.25, -0.2) is 0 Å². The molecule has 3 nitrogen and oxygen atoms in total. The van der Waals surface area contributed by atoms with Gasteiger partial charge in [-0.3, -0.25) is 5.32 Å². The summed E-state index contributed by atoms with van der Waals surface area (Å²) in [4.78, 5) is 0. The third kappa shape index (κ3) is 2.30. The van der Waals surface area contributed by atoms with Crippen LogP contribution in [0.1, 0.15) is 24.2 Å². The van der Waals surface area contributed by atoms with Gasteiger partial charge in [0.25, 0.3) is 0 Å². The Kier molecular flexibility index (Phi) is 3.23. The van der Waals surface area contributed by atoms with Crippen molar-refractivity contribution in [2.45, 2.75) is 20.0 Å². The first kappa shape index (κ1) is 10.5. The minimum Gasteiger partial charge on any atom is -0.494 e. The molecule has 0 bridgehead atoms. The molecule has 1 heterocycles. The van der Waals surface area contributed by atoms with Crippen LogP contribution < -0.4 is 10.1 Å². The van der Waals surface area contributed by atoms with Gasteiger partial charge in [0, 0.05) is 6.54 Å². The second-order valence-corrected chi connectivity index (χ2v) is 3.71.